The smallest absolute Gasteiger partial charge is 0.160 e. The lowest BCUT2D eigenvalue weighted by Gasteiger charge is -2.10. The van der Waals surface area contributed by atoms with E-state index in [0.717, 1.165) is 6.07 Å². The summed E-state index contributed by atoms with van der Waals surface area (Å²) >= 11 is 0. The SMILES string of the molecule is CC(=O)c1cc(F)c(NCCN)cc1C(C)=O. The van der Waals surface area contributed by atoms with Crippen LogP contribution >= 0.6 is 0 Å². The van der Waals surface area contributed by atoms with E-state index in [1.807, 2.05) is 0 Å². The fourth-order valence-electron chi connectivity index (χ4n) is 1.50. The molecule has 0 fully saturated rings. The molecule has 0 aliphatic carbocycles. The Bertz CT molecular complexity index is 458. The lowest BCUT2D eigenvalue weighted by Crippen LogP contribution is -2.15. The van der Waals surface area contributed by atoms with Crippen molar-refractivity contribution in [2.24, 2.45) is 5.73 Å². The van der Waals surface area contributed by atoms with E-state index < -0.39 is 5.82 Å². The molecule has 4 nitrogen and oxygen atoms in total. The van der Waals surface area contributed by atoms with Gasteiger partial charge in [-0.05, 0) is 26.0 Å². The minimum absolute atomic E-state index is 0.105. The molecule has 1 rings (SSSR count). The maximum absolute atomic E-state index is 13.6. The lowest BCUT2D eigenvalue weighted by atomic mass is 10.00. The van der Waals surface area contributed by atoms with Crippen LogP contribution in [0, 0.1) is 5.82 Å². The van der Waals surface area contributed by atoms with Gasteiger partial charge in [-0.25, -0.2) is 4.39 Å². The van der Waals surface area contributed by atoms with Crippen molar-refractivity contribution in [3.05, 3.63) is 29.1 Å². The molecule has 0 saturated heterocycles. The number of hydrogen-bond donors (Lipinski definition) is 2. The topological polar surface area (TPSA) is 72.2 Å². The van der Waals surface area contributed by atoms with E-state index in [0.29, 0.717) is 13.1 Å². The van der Waals surface area contributed by atoms with E-state index in [1.54, 1.807) is 0 Å². The van der Waals surface area contributed by atoms with Gasteiger partial charge < -0.3 is 11.1 Å². The number of halogens is 1. The van der Waals surface area contributed by atoms with Crippen molar-refractivity contribution >= 4 is 17.3 Å². The van der Waals surface area contributed by atoms with E-state index in [2.05, 4.69) is 5.32 Å². The molecule has 0 radical (unpaired) electrons. The quantitative estimate of drug-likeness (QED) is 0.764. The lowest BCUT2D eigenvalue weighted by molar-refractivity contribution is 0.0980. The summed E-state index contributed by atoms with van der Waals surface area (Å²) in [5, 5.41) is 2.76. The summed E-state index contributed by atoms with van der Waals surface area (Å²) in [6.07, 6.45) is 0. The Balaban J connectivity index is 3.24. The molecule has 5 heteroatoms. The van der Waals surface area contributed by atoms with Crippen molar-refractivity contribution in [2.75, 3.05) is 18.4 Å². The molecule has 0 spiro atoms. The number of nitrogens with two attached hydrogens (primary N) is 1. The number of carbonyl (C=O) groups is 2. The second kappa shape index (κ2) is 5.54. The van der Waals surface area contributed by atoms with Crippen LogP contribution in [0.2, 0.25) is 0 Å². The maximum Gasteiger partial charge on any atom is 0.160 e. The Morgan fingerprint density at radius 1 is 1.24 bits per heavy atom. The van der Waals surface area contributed by atoms with Crippen molar-refractivity contribution in [3.63, 3.8) is 0 Å². The average molecular weight is 238 g/mol. The molecule has 0 aliphatic heterocycles. The number of anilines is 1. The van der Waals surface area contributed by atoms with Crippen LogP contribution < -0.4 is 11.1 Å². The average Bonchev–Trinajstić information content (AvgIpc) is 2.26. The van der Waals surface area contributed by atoms with Gasteiger partial charge in [0.2, 0.25) is 0 Å². The van der Waals surface area contributed by atoms with Gasteiger partial charge in [-0.3, -0.25) is 9.59 Å². The molecule has 92 valence electrons. The van der Waals surface area contributed by atoms with Crippen LogP contribution in [-0.2, 0) is 0 Å². The Kier molecular flexibility index (Phi) is 4.34. The van der Waals surface area contributed by atoms with Crippen LogP contribution in [0.4, 0.5) is 10.1 Å². The second-order valence-electron chi connectivity index (χ2n) is 3.71. The van der Waals surface area contributed by atoms with Gasteiger partial charge in [0.05, 0.1) is 5.69 Å². The summed E-state index contributed by atoms with van der Waals surface area (Å²) in [5.74, 6) is -1.17. The third kappa shape index (κ3) is 3.10. The highest BCUT2D eigenvalue weighted by molar-refractivity contribution is 6.07. The molecule has 0 aromatic heterocycles. The standard InChI is InChI=1S/C12H15FN2O2/c1-7(16)9-5-11(13)12(15-4-3-14)6-10(9)8(2)17/h5-6,15H,3-4,14H2,1-2H3. The summed E-state index contributed by atoms with van der Waals surface area (Å²) < 4.78 is 13.6. The Morgan fingerprint density at radius 3 is 2.24 bits per heavy atom. The van der Waals surface area contributed by atoms with Crippen molar-refractivity contribution in [1.29, 1.82) is 0 Å². The van der Waals surface area contributed by atoms with Crippen LogP contribution in [0.5, 0.6) is 0 Å². The highest BCUT2D eigenvalue weighted by Gasteiger charge is 2.15. The molecule has 0 saturated carbocycles. The molecule has 0 bridgehead atoms. The van der Waals surface area contributed by atoms with Gasteiger partial charge >= 0.3 is 0 Å². The van der Waals surface area contributed by atoms with Crippen molar-refractivity contribution in [2.45, 2.75) is 13.8 Å². The zero-order chi connectivity index (χ0) is 13.0. The number of nitrogens with one attached hydrogen (secondary N) is 1. The predicted molar refractivity (Wildman–Crippen MR) is 64.0 cm³/mol. The molecule has 0 atom stereocenters. The fraction of sp³-hybridized carbons (Fsp3) is 0.333. The molecule has 3 N–H and O–H groups in total. The Morgan fingerprint density at radius 2 is 1.76 bits per heavy atom. The Hall–Kier alpha value is -1.75. The number of Topliss-reactive ketones (excluding diaryl/α,β-unsaturated/α-hetero) is 2. The van der Waals surface area contributed by atoms with Gasteiger partial charge in [0.1, 0.15) is 5.82 Å². The first-order valence-corrected chi connectivity index (χ1v) is 5.26. The first-order valence-electron chi connectivity index (χ1n) is 5.26. The Labute approximate surface area is 99.0 Å². The van der Waals surface area contributed by atoms with Crippen molar-refractivity contribution in [3.8, 4) is 0 Å². The van der Waals surface area contributed by atoms with E-state index in [4.69, 9.17) is 5.73 Å². The number of carbonyl (C=O) groups excluding carboxylic acids is 2. The first kappa shape index (κ1) is 13.3. The molecular weight excluding hydrogens is 223 g/mol. The summed E-state index contributed by atoms with van der Waals surface area (Å²) in [6, 6.07) is 2.43. The van der Waals surface area contributed by atoms with Crippen LogP contribution in [0.15, 0.2) is 12.1 Å². The number of ketones is 2. The van der Waals surface area contributed by atoms with Crippen LogP contribution in [-0.4, -0.2) is 24.7 Å². The minimum atomic E-state index is -0.561. The zero-order valence-corrected chi connectivity index (χ0v) is 9.84. The number of hydrogen-bond acceptors (Lipinski definition) is 4. The molecular formula is C12H15FN2O2. The molecule has 0 aliphatic rings. The molecule has 0 heterocycles. The summed E-state index contributed by atoms with van der Waals surface area (Å²) in [5.41, 5.74) is 5.81. The second-order valence-corrected chi connectivity index (χ2v) is 3.71. The number of benzene rings is 1. The van der Waals surface area contributed by atoms with Gasteiger partial charge in [0.25, 0.3) is 0 Å². The monoisotopic (exact) mass is 238 g/mol. The zero-order valence-electron chi connectivity index (χ0n) is 9.84. The van der Waals surface area contributed by atoms with Gasteiger partial charge in [0, 0.05) is 24.2 Å². The van der Waals surface area contributed by atoms with Crippen molar-refractivity contribution in [1.82, 2.24) is 0 Å². The number of rotatable bonds is 5. The van der Waals surface area contributed by atoms with Crippen LogP contribution in [0.3, 0.4) is 0 Å². The molecule has 1 aromatic rings. The summed E-state index contributed by atoms with van der Waals surface area (Å²) in [7, 11) is 0. The predicted octanol–water partition coefficient (Wildman–Crippen LogP) is 1.60. The molecule has 17 heavy (non-hydrogen) atoms. The summed E-state index contributed by atoms with van der Waals surface area (Å²) in [6.45, 7) is 3.39. The van der Waals surface area contributed by atoms with E-state index in [-0.39, 0.29) is 28.4 Å². The van der Waals surface area contributed by atoms with Crippen LogP contribution in [0.25, 0.3) is 0 Å². The van der Waals surface area contributed by atoms with E-state index in [9.17, 15) is 14.0 Å². The van der Waals surface area contributed by atoms with Crippen molar-refractivity contribution < 1.29 is 14.0 Å². The molecule has 1 aromatic carbocycles. The fourth-order valence-corrected chi connectivity index (χ4v) is 1.50. The third-order valence-corrected chi connectivity index (χ3v) is 2.33. The van der Waals surface area contributed by atoms with Gasteiger partial charge in [-0.15, -0.1) is 0 Å². The van der Waals surface area contributed by atoms with E-state index >= 15 is 0 Å². The summed E-state index contributed by atoms with van der Waals surface area (Å²) in [4.78, 5) is 22.7. The normalized spacial score (nSPS) is 10.1. The van der Waals surface area contributed by atoms with Gasteiger partial charge in [-0.2, -0.15) is 0 Å². The maximum atomic E-state index is 13.6. The van der Waals surface area contributed by atoms with Gasteiger partial charge in [-0.1, -0.05) is 0 Å². The minimum Gasteiger partial charge on any atom is -0.381 e. The van der Waals surface area contributed by atoms with E-state index in [1.165, 1.54) is 19.9 Å². The molecule has 0 unspecified atom stereocenters. The highest BCUT2D eigenvalue weighted by Crippen LogP contribution is 2.21. The first-order chi connectivity index (χ1) is 7.97. The highest BCUT2D eigenvalue weighted by atomic mass is 19.1. The molecule has 0 amide bonds. The van der Waals surface area contributed by atoms with Crippen LogP contribution in [0.1, 0.15) is 34.6 Å². The van der Waals surface area contributed by atoms with Gasteiger partial charge in [0.15, 0.2) is 11.6 Å². The largest absolute Gasteiger partial charge is 0.381 e. The third-order valence-electron chi connectivity index (χ3n) is 2.33.